The predicted molar refractivity (Wildman–Crippen MR) is 88.8 cm³/mol. The fourth-order valence-corrected chi connectivity index (χ4v) is 4.59. The van der Waals surface area contributed by atoms with E-state index in [1.165, 1.54) is 0 Å². The Morgan fingerprint density at radius 3 is 2.39 bits per heavy atom. The molecular weight excluding hydrogens is 314 g/mol. The third-order valence-electron chi connectivity index (χ3n) is 4.98. The molecule has 3 heterocycles. The van der Waals surface area contributed by atoms with Crippen LogP contribution in [0.3, 0.4) is 0 Å². The molecule has 130 valence electrons. The van der Waals surface area contributed by atoms with Gasteiger partial charge in [0.15, 0.2) is 5.03 Å². The molecule has 2 aliphatic heterocycles. The largest absolute Gasteiger partial charge is 0.334 e. The molecule has 0 aliphatic carbocycles. The number of likely N-dealkylation sites (N-methyl/N-ethyl adjacent to an activating group) is 1. The van der Waals surface area contributed by atoms with Crippen molar-refractivity contribution in [2.45, 2.75) is 37.9 Å². The van der Waals surface area contributed by atoms with Gasteiger partial charge in [-0.25, -0.2) is 13.4 Å². The van der Waals surface area contributed by atoms with Crippen LogP contribution < -0.4 is 0 Å². The first-order valence-corrected chi connectivity index (χ1v) is 9.86. The van der Waals surface area contributed by atoms with E-state index in [4.69, 9.17) is 0 Å². The summed E-state index contributed by atoms with van der Waals surface area (Å²) in [5.41, 5.74) is 0. The lowest BCUT2D eigenvalue weighted by molar-refractivity contribution is 0.0424. The van der Waals surface area contributed by atoms with Crippen molar-refractivity contribution in [3.05, 3.63) is 12.5 Å². The van der Waals surface area contributed by atoms with Crippen LogP contribution in [0.2, 0.25) is 0 Å². The Hall–Kier alpha value is -0.960. The van der Waals surface area contributed by atoms with Gasteiger partial charge in [0.05, 0.1) is 6.33 Å². The first-order valence-electron chi connectivity index (χ1n) is 8.42. The zero-order valence-electron chi connectivity index (χ0n) is 14.2. The average molecular weight is 341 g/mol. The second-order valence-corrected chi connectivity index (χ2v) is 8.58. The van der Waals surface area contributed by atoms with E-state index in [-0.39, 0.29) is 11.1 Å². The van der Waals surface area contributed by atoms with Crippen molar-refractivity contribution in [3.63, 3.8) is 0 Å². The maximum Gasteiger partial charge on any atom is 0.262 e. The van der Waals surface area contributed by atoms with Gasteiger partial charge < -0.3 is 9.47 Å². The Morgan fingerprint density at radius 1 is 1.22 bits per heavy atom. The van der Waals surface area contributed by atoms with Crippen LogP contribution in [0.1, 0.15) is 26.8 Å². The molecule has 1 aromatic heterocycles. The molecular formula is C15H27N5O2S. The summed E-state index contributed by atoms with van der Waals surface area (Å²) in [5.74, 6) is 0. The normalized spacial score (nSPS) is 22.6. The predicted octanol–water partition coefficient (Wildman–Crippen LogP) is 0.474. The summed E-state index contributed by atoms with van der Waals surface area (Å²) in [7, 11) is -3.44. The van der Waals surface area contributed by atoms with Crippen LogP contribution in [0.5, 0.6) is 0 Å². The first-order chi connectivity index (χ1) is 10.9. The van der Waals surface area contributed by atoms with E-state index in [1.54, 1.807) is 16.8 Å². The van der Waals surface area contributed by atoms with E-state index >= 15 is 0 Å². The van der Waals surface area contributed by atoms with Crippen LogP contribution >= 0.6 is 0 Å². The highest BCUT2D eigenvalue weighted by molar-refractivity contribution is 7.89. The van der Waals surface area contributed by atoms with Gasteiger partial charge in [0.2, 0.25) is 0 Å². The van der Waals surface area contributed by atoms with Gasteiger partial charge in [0.1, 0.15) is 0 Å². The second-order valence-electron chi connectivity index (χ2n) is 6.70. The summed E-state index contributed by atoms with van der Waals surface area (Å²) >= 11 is 0. The Labute approximate surface area is 138 Å². The number of hydrogen-bond acceptors (Lipinski definition) is 5. The lowest BCUT2D eigenvalue weighted by atomic mass is 10.1. The molecule has 0 amide bonds. The van der Waals surface area contributed by atoms with E-state index in [0.717, 1.165) is 32.7 Å². The van der Waals surface area contributed by atoms with E-state index in [0.29, 0.717) is 19.1 Å². The van der Waals surface area contributed by atoms with E-state index in [9.17, 15) is 8.42 Å². The SMILES string of the molecule is CCN1CCN(C2CN(S(=O)(=O)c3cn(C(C)C)cn3)C2)CC1. The van der Waals surface area contributed by atoms with Crippen LogP contribution in [0.15, 0.2) is 17.6 Å². The van der Waals surface area contributed by atoms with E-state index < -0.39 is 10.0 Å². The molecule has 0 atom stereocenters. The third kappa shape index (κ3) is 3.31. The van der Waals surface area contributed by atoms with Gasteiger partial charge in [0.25, 0.3) is 10.0 Å². The minimum atomic E-state index is -3.44. The zero-order chi connectivity index (χ0) is 16.6. The lowest BCUT2D eigenvalue weighted by Crippen LogP contribution is -2.64. The number of rotatable bonds is 5. The molecule has 0 unspecified atom stereocenters. The first kappa shape index (κ1) is 16.9. The molecule has 1 aromatic rings. The summed E-state index contributed by atoms with van der Waals surface area (Å²) < 4.78 is 28.6. The van der Waals surface area contributed by atoms with Crippen LogP contribution in [0, 0.1) is 0 Å². The minimum absolute atomic E-state index is 0.167. The van der Waals surface area contributed by atoms with Gasteiger partial charge in [-0.05, 0) is 20.4 Å². The van der Waals surface area contributed by atoms with Crippen molar-refractivity contribution >= 4 is 10.0 Å². The summed E-state index contributed by atoms with van der Waals surface area (Å²) in [6.07, 6.45) is 3.23. The lowest BCUT2D eigenvalue weighted by Gasteiger charge is -2.47. The number of hydrogen-bond donors (Lipinski definition) is 0. The number of aromatic nitrogens is 2. The Balaban J connectivity index is 1.57. The molecule has 0 saturated carbocycles. The monoisotopic (exact) mass is 341 g/mol. The van der Waals surface area contributed by atoms with Crippen molar-refractivity contribution in [1.29, 1.82) is 0 Å². The molecule has 2 saturated heterocycles. The van der Waals surface area contributed by atoms with Crippen molar-refractivity contribution in [2.75, 3.05) is 45.8 Å². The third-order valence-corrected chi connectivity index (χ3v) is 6.69. The maximum absolute atomic E-state index is 12.6. The highest BCUT2D eigenvalue weighted by Gasteiger charge is 2.41. The van der Waals surface area contributed by atoms with Crippen LogP contribution in [0.4, 0.5) is 0 Å². The summed E-state index contributed by atoms with van der Waals surface area (Å²) in [5, 5.41) is 0.167. The zero-order valence-corrected chi connectivity index (χ0v) is 15.0. The number of piperazine rings is 1. The molecule has 0 bridgehead atoms. The second kappa shape index (κ2) is 6.51. The molecule has 7 nitrogen and oxygen atoms in total. The van der Waals surface area contributed by atoms with Gasteiger partial charge in [-0.15, -0.1) is 0 Å². The molecule has 3 rings (SSSR count). The van der Waals surface area contributed by atoms with Gasteiger partial charge in [-0.1, -0.05) is 6.92 Å². The van der Waals surface area contributed by atoms with Crippen LogP contribution in [-0.4, -0.2) is 83.9 Å². The quantitative estimate of drug-likeness (QED) is 0.779. The van der Waals surface area contributed by atoms with Crippen LogP contribution in [-0.2, 0) is 10.0 Å². The Bertz CT molecular complexity index is 628. The van der Waals surface area contributed by atoms with Crippen molar-refractivity contribution < 1.29 is 8.42 Å². The summed E-state index contributed by atoms with van der Waals surface area (Å²) in [6, 6.07) is 0.571. The number of sulfonamides is 1. The molecule has 23 heavy (non-hydrogen) atoms. The van der Waals surface area contributed by atoms with Gasteiger partial charge in [-0.3, -0.25) is 4.90 Å². The molecule has 0 radical (unpaired) electrons. The average Bonchev–Trinajstić information content (AvgIpc) is 2.97. The molecule has 0 aromatic carbocycles. The summed E-state index contributed by atoms with van der Waals surface area (Å²) in [6.45, 7) is 12.7. The van der Waals surface area contributed by atoms with E-state index in [1.807, 2.05) is 18.4 Å². The number of nitrogens with zero attached hydrogens (tertiary/aromatic N) is 5. The van der Waals surface area contributed by atoms with Crippen LogP contribution in [0.25, 0.3) is 0 Å². The Kier molecular flexibility index (Phi) is 4.78. The highest BCUT2D eigenvalue weighted by Crippen LogP contribution is 2.24. The molecule has 0 N–H and O–H groups in total. The maximum atomic E-state index is 12.6. The molecule has 2 fully saturated rings. The molecule has 0 spiro atoms. The highest BCUT2D eigenvalue weighted by atomic mass is 32.2. The van der Waals surface area contributed by atoms with Gasteiger partial charge >= 0.3 is 0 Å². The Morgan fingerprint density at radius 2 is 1.87 bits per heavy atom. The standard InChI is InChI=1S/C15H27N5O2S/c1-4-17-5-7-18(8-6-17)14-9-20(10-14)23(21,22)15-11-19(12-16-15)13(2)3/h11-14H,4-10H2,1-3H3. The summed E-state index contributed by atoms with van der Waals surface area (Å²) in [4.78, 5) is 8.94. The van der Waals surface area contributed by atoms with E-state index in [2.05, 4.69) is 21.7 Å². The minimum Gasteiger partial charge on any atom is -0.334 e. The van der Waals surface area contributed by atoms with Crippen molar-refractivity contribution in [3.8, 4) is 0 Å². The number of imidazole rings is 1. The topological polar surface area (TPSA) is 61.7 Å². The molecule has 8 heteroatoms. The van der Waals surface area contributed by atoms with Gasteiger partial charge in [-0.2, -0.15) is 4.31 Å². The van der Waals surface area contributed by atoms with Crippen molar-refractivity contribution in [2.24, 2.45) is 0 Å². The van der Waals surface area contributed by atoms with Crippen molar-refractivity contribution in [1.82, 2.24) is 23.7 Å². The van der Waals surface area contributed by atoms with Gasteiger partial charge in [0, 0.05) is 57.5 Å². The smallest absolute Gasteiger partial charge is 0.262 e. The fraction of sp³-hybridized carbons (Fsp3) is 0.800. The fourth-order valence-electron chi connectivity index (χ4n) is 3.15. The molecule has 2 aliphatic rings.